The van der Waals surface area contributed by atoms with E-state index >= 15 is 0 Å². The molecule has 1 aromatic carbocycles. The lowest BCUT2D eigenvalue weighted by Gasteiger charge is -2.24. The molecule has 1 N–H and O–H groups in total. The Morgan fingerprint density at radius 2 is 1.85 bits per heavy atom. The summed E-state index contributed by atoms with van der Waals surface area (Å²) < 4.78 is 28.2. The average molecular weight is 281 g/mol. The second-order valence-corrected chi connectivity index (χ2v) is 5.32. The van der Waals surface area contributed by atoms with Crippen molar-refractivity contribution in [3.8, 4) is 0 Å². The summed E-state index contributed by atoms with van der Waals surface area (Å²) in [5, 5.41) is 14.6. The first-order chi connectivity index (χ1) is 9.29. The number of hydrogen-bond donors (Lipinski definition) is 1. The SMILES string of the molecule is CC(C)n1ncnc1CC(C)(O)c1cc(F)cc(F)c1. The minimum absolute atomic E-state index is 0.0903. The van der Waals surface area contributed by atoms with Crippen LogP contribution < -0.4 is 0 Å². The Hall–Kier alpha value is -1.82. The van der Waals surface area contributed by atoms with Gasteiger partial charge in [0.15, 0.2) is 0 Å². The van der Waals surface area contributed by atoms with Crippen molar-refractivity contribution in [3.63, 3.8) is 0 Å². The van der Waals surface area contributed by atoms with Crippen LogP contribution in [0.3, 0.4) is 0 Å². The number of halogens is 2. The lowest BCUT2D eigenvalue weighted by Crippen LogP contribution is -2.27. The molecule has 2 rings (SSSR count). The molecule has 0 fully saturated rings. The van der Waals surface area contributed by atoms with Crippen LogP contribution in [0, 0.1) is 11.6 Å². The number of aromatic nitrogens is 3. The van der Waals surface area contributed by atoms with Crippen LogP contribution in [-0.4, -0.2) is 19.9 Å². The highest BCUT2D eigenvalue weighted by atomic mass is 19.1. The van der Waals surface area contributed by atoms with Crippen molar-refractivity contribution >= 4 is 0 Å². The van der Waals surface area contributed by atoms with Gasteiger partial charge in [-0.3, -0.25) is 0 Å². The second kappa shape index (κ2) is 5.28. The van der Waals surface area contributed by atoms with Crippen molar-refractivity contribution in [2.24, 2.45) is 0 Å². The molecule has 0 aliphatic carbocycles. The Morgan fingerprint density at radius 3 is 2.40 bits per heavy atom. The van der Waals surface area contributed by atoms with Gasteiger partial charge in [-0.25, -0.2) is 18.4 Å². The zero-order valence-electron chi connectivity index (χ0n) is 11.6. The normalized spacial score (nSPS) is 14.6. The molecule has 0 amide bonds. The summed E-state index contributed by atoms with van der Waals surface area (Å²) in [4.78, 5) is 4.10. The van der Waals surface area contributed by atoms with Gasteiger partial charge in [0.05, 0.1) is 5.60 Å². The third-order valence-corrected chi connectivity index (χ3v) is 3.12. The van der Waals surface area contributed by atoms with Crippen LogP contribution in [0.15, 0.2) is 24.5 Å². The van der Waals surface area contributed by atoms with Gasteiger partial charge in [-0.1, -0.05) is 0 Å². The van der Waals surface area contributed by atoms with Gasteiger partial charge in [-0.15, -0.1) is 0 Å². The van der Waals surface area contributed by atoms with Crippen molar-refractivity contribution in [2.75, 3.05) is 0 Å². The summed E-state index contributed by atoms with van der Waals surface area (Å²) in [6, 6.07) is 3.11. The predicted octanol–water partition coefficient (Wildman–Crippen LogP) is 2.59. The minimum Gasteiger partial charge on any atom is -0.385 e. The van der Waals surface area contributed by atoms with Gasteiger partial charge in [0.1, 0.15) is 23.8 Å². The molecule has 0 saturated heterocycles. The number of aliphatic hydroxyl groups is 1. The van der Waals surface area contributed by atoms with Crippen LogP contribution >= 0.6 is 0 Å². The van der Waals surface area contributed by atoms with Gasteiger partial charge in [0.2, 0.25) is 0 Å². The highest BCUT2D eigenvalue weighted by Gasteiger charge is 2.27. The van der Waals surface area contributed by atoms with Gasteiger partial charge < -0.3 is 5.11 Å². The van der Waals surface area contributed by atoms with Crippen LogP contribution in [0.25, 0.3) is 0 Å². The van der Waals surface area contributed by atoms with Crippen molar-refractivity contribution in [3.05, 3.63) is 47.5 Å². The van der Waals surface area contributed by atoms with Crippen LogP contribution in [0.5, 0.6) is 0 Å². The van der Waals surface area contributed by atoms with Gasteiger partial charge >= 0.3 is 0 Å². The Balaban J connectivity index is 2.32. The van der Waals surface area contributed by atoms with E-state index in [2.05, 4.69) is 10.1 Å². The molecule has 0 saturated carbocycles. The smallest absolute Gasteiger partial charge is 0.138 e. The van der Waals surface area contributed by atoms with Crippen LogP contribution in [0.2, 0.25) is 0 Å². The number of benzene rings is 1. The molecule has 0 aliphatic heterocycles. The molecule has 0 spiro atoms. The zero-order valence-corrected chi connectivity index (χ0v) is 11.6. The summed E-state index contributed by atoms with van der Waals surface area (Å²) in [6.45, 7) is 5.38. The molecule has 6 heteroatoms. The highest BCUT2D eigenvalue weighted by Crippen LogP contribution is 2.26. The molecular weight excluding hydrogens is 264 g/mol. The fourth-order valence-corrected chi connectivity index (χ4v) is 2.11. The first kappa shape index (κ1) is 14.6. The summed E-state index contributed by atoms with van der Waals surface area (Å²) in [6.07, 6.45) is 1.52. The summed E-state index contributed by atoms with van der Waals surface area (Å²) in [5.74, 6) is -0.870. The van der Waals surface area contributed by atoms with Crippen LogP contribution in [0.1, 0.15) is 38.2 Å². The third-order valence-electron chi connectivity index (χ3n) is 3.12. The maximum atomic E-state index is 13.3. The van der Waals surface area contributed by atoms with E-state index in [0.29, 0.717) is 5.82 Å². The first-order valence-electron chi connectivity index (χ1n) is 6.37. The van der Waals surface area contributed by atoms with Crippen molar-refractivity contribution < 1.29 is 13.9 Å². The van der Waals surface area contributed by atoms with E-state index in [-0.39, 0.29) is 18.0 Å². The quantitative estimate of drug-likeness (QED) is 0.937. The monoisotopic (exact) mass is 281 g/mol. The van der Waals surface area contributed by atoms with Gasteiger partial charge in [-0.05, 0) is 38.5 Å². The van der Waals surface area contributed by atoms with E-state index in [9.17, 15) is 13.9 Å². The number of hydrogen-bond acceptors (Lipinski definition) is 3. The molecule has 4 nitrogen and oxygen atoms in total. The van der Waals surface area contributed by atoms with Gasteiger partial charge in [0, 0.05) is 18.5 Å². The molecule has 1 unspecified atom stereocenters. The van der Waals surface area contributed by atoms with E-state index in [1.807, 2.05) is 13.8 Å². The highest BCUT2D eigenvalue weighted by molar-refractivity contribution is 5.24. The van der Waals surface area contributed by atoms with E-state index in [0.717, 1.165) is 18.2 Å². The van der Waals surface area contributed by atoms with E-state index in [1.165, 1.54) is 13.3 Å². The first-order valence-corrected chi connectivity index (χ1v) is 6.37. The van der Waals surface area contributed by atoms with Gasteiger partial charge in [0.25, 0.3) is 0 Å². The second-order valence-electron chi connectivity index (χ2n) is 5.32. The third kappa shape index (κ3) is 3.01. The standard InChI is InChI=1S/C14H17F2N3O/c1-9(2)19-13(17-8-18-19)7-14(3,20)10-4-11(15)6-12(16)5-10/h4-6,8-9,20H,7H2,1-3H3. The Morgan fingerprint density at radius 1 is 1.25 bits per heavy atom. The minimum atomic E-state index is -1.43. The topological polar surface area (TPSA) is 50.9 Å². The fraction of sp³-hybridized carbons (Fsp3) is 0.429. The fourth-order valence-electron chi connectivity index (χ4n) is 2.11. The Labute approximate surface area is 116 Å². The predicted molar refractivity (Wildman–Crippen MR) is 70.0 cm³/mol. The molecule has 108 valence electrons. The Bertz CT molecular complexity index is 588. The maximum Gasteiger partial charge on any atom is 0.138 e. The average Bonchev–Trinajstić information content (AvgIpc) is 2.75. The lowest BCUT2D eigenvalue weighted by molar-refractivity contribution is 0.0532. The van der Waals surface area contributed by atoms with Crippen LogP contribution in [0.4, 0.5) is 8.78 Å². The summed E-state index contributed by atoms with van der Waals surface area (Å²) in [7, 11) is 0. The van der Waals surface area contributed by atoms with Gasteiger partial charge in [-0.2, -0.15) is 5.10 Å². The molecule has 1 heterocycles. The molecule has 20 heavy (non-hydrogen) atoms. The largest absolute Gasteiger partial charge is 0.385 e. The molecule has 0 radical (unpaired) electrons. The van der Waals surface area contributed by atoms with Crippen molar-refractivity contribution in [2.45, 2.75) is 38.8 Å². The maximum absolute atomic E-state index is 13.3. The molecule has 1 aromatic heterocycles. The molecular formula is C14H17F2N3O. The Kier molecular flexibility index (Phi) is 3.85. The summed E-state index contributed by atoms with van der Waals surface area (Å²) >= 11 is 0. The van der Waals surface area contributed by atoms with Crippen molar-refractivity contribution in [1.82, 2.24) is 14.8 Å². The van der Waals surface area contributed by atoms with E-state index in [4.69, 9.17) is 0 Å². The number of nitrogens with zero attached hydrogens (tertiary/aromatic N) is 3. The molecule has 0 bridgehead atoms. The van der Waals surface area contributed by atoms with Crippen LogP contribution in [-0.2, 0) is 12.0 Å². The molecule has 0 aliphatic rings. The molecule has 2 aromatic rings. The zero-order chi connectivity index (χ0) is 14.9. The van der Waals surface area contributed by atoms with E-state index < -0.39 is 17.2 Å². The summed E-state index contributed by atoms with van der Waals surface area (Å²) in [5.41, 5.74) is -1.25. The number of rotatable bonds is 4. The van der Waals surface area contributed by atoms with E-state index in [1.54, 1.807) is 4.68 Å². The lowest BCUT2D eigenvalue weighted by atomic mass is 9.92. The molecule has 1 atom stereocenters. The van der Waals surface area contributed by atoms with Crippen molar-refractivity contribution in [1.29, 1.82) is 0 Å².